The van der Waals surface area contributed by atoms with Crippen LogP contribution in [0.2, 0.25) is 0 Å². The zero-order chi connectivity index (χ0) is 24.0. The van der Waals surface area contributed by atoms with Crippen molar-refractivity contribution in [2.75, 3.05) is 26.0 Å². The van der Waals surface area contributed by atoms with Crippen LogP contribution in [-0.4, -0.2) is 43.0 Å². The smallest absolute Gasteiger partial charge is 0.263 e. The number of ketones is 1. The van der Waals surface area contributed by atoms with E-state index in [9.17, 15) is 9.59 Å². The molecular formula is C26H29N3O4S. The number of nitrogens with two attached hydrogens (primary N) is 1. The molecule has 34 heavy (non-hydrogen) atoms. The summed E-state index contributed by atoms with van der Waals surface area (Å²) in [6.45, 7) is 5.35. The lowest BCUT2D eigenvalue weighted by atomic mass is 9.73. The number of methoxy groups -OCH3 is 1. The lowest BCUT2D eigenvalue weighted by Crippen LogP contribution is -2.31. The summed E-state index contributed by atoms with van der Waals surface area (Å²) >= 11 is 1.28. The van der Waals surface area contributed by atoms with E-state index < -0.39 is 0 Å². The monoisotopic (exact) mass is 479 g/mol. The van der Waals surface area contributed by atoms with Gasteiger partial charge in [-0.2, -0.15) is 0 Å². The van der Waals surface area contributed by atoms with Gasteiger partial charge in [0.1, 0.15) is 15.5 Å². The fraction of sp³-hybridized carbons (Fsp3) is 0.423. The molecule has 0 radical (unpaired) electrons. The summed E-state index contributed by atoms with van der Waals surface area (Å²) in [4.78, 5) is 32.4. The van der Waals surface area contributed by atoms with Gasteiger partial charge in [-0.25, -0.2) is 4.98 Å². The van der Waals surface area contributed by atoms with Crippen molar-refractivity contribution in [1.29, 1.82) is 0 Å². The van der Waals surface area contributed by atoms with Crippen molar-refractivity contribution in [2.45, 2.75) is 45.6 Å². The number of ether oxygens (including phenoxy) is 2. The Hall–Kier alpha value is -2.97. The van der Waals surface area contributed by atoms with Crippen LogP contribution in [0.25, 0.3) is 21.3 Å². The molecule has 1 saturated heterocycles. The van der Waals surface area contributed by atoms with Gasteiger partial charge < -0.3 is 20.5 Å². The van der Waals surface area contributed by atoms with Crippen molar-refractivity contribution in [1.82, 2.24) is 10.3 Å². The molecule has 1 aromatic carbocycles. The zero-order valence-corrected chi connectivity index (χ0v) is 20.5. The van der Waals surface area contributed by atoms with Crippen LogP contribution in [0.15, 0.2) is 24.3 Å². The maximum Gasteiger partial charge on any atom is 0.263 e. The van der Waals surface area contributed by atoms with Gasteiger partial charge in [-0.15, -0.1) is 11.3 Å². The third kappa shape index (κ3) is 4.05. The third-order valence-corrected chi connectivity index (χ3v) is 7.71. The SMILES string of the molecule is COc1ccc(-c2c3c(nc4sc(C(=O)NC[C@H]5CCCO5)c(N)c24)CC(C)(C)CC3=O)cc1. The largest absolute Gasteiger partial charge is 0.497 e. The van der Waals surface area contributed by atoms with E-state index in [0.717, 1.165) is 42.0 Å². The Bertz CT molecular complexity index is 1270. The molecule has 2 aromatic heterocycles. The highest BCUT2D eigenvalue weighted by molar-refractivity contribution is 7.21. The summed E-state index contributed by atoms with van der Waals surface area (Å²) in [6, 6.07) is 7.58. The van der Waals surface area contributed by atoms with E-state index in [1.807, 2.05) is 24.3 Å². The van der Waals surface area contributed by atoms with E-state index in [4.69, 9.17) is 20.2 Å². The minimum absolute atomic E-state index is 0.0414. The number of rotatable bonds is 5. The van der Waals surface area contributed by atoms with Crippen molar-refractivity contribution in [3.63, 3.8) is 0 Å². The summed E-state index contributed by atoms with van der Waals surface area (Å²) in [5.41, 5.74) is 9.79. The maximum absolute atomic E-state index is 13.4. The molecule has 1 aliphatic heterocycles. The van der Waals surface area contributed by atoms with Crippen molar-refractivity contribution >= 4 is 38.9 Å². The van der Waals surface area contributed by atoms with Crippen LogP contribution >= 0.6 is 11.3 Å². The molecule has 8 heteroatoms. The predicted molar refractivity (Wildman–Crippen MR) is 134 cm³/mol. The second-order valence-corrected chi connectivity index (χ2v) is 10.8. The quantitative estimate of drug-likeness (QED) is 0.554. The molecule has 178 valence electrons. The summed E-state index contributed by atoms with van der Waals surface area (Å²) in [5.74, 6) is 0.547. The Balaban J connectivity index is 1.65. The number of nitrogen functional groups attached to an aromatic ring is 1. The Morgan fingerprint density at radius 1 is 1.26 bits per heavy atom. The van der Waals surface area contributed by atoms with Crippen molar-refractivity contribution < 1.29 is 19.1 Å². The zero-order valence-electron chi connectivity index (χ0n) is 19.7. The first kappa shape index (κ1) is 22.8. The van der Waals surface area contributed by atoms with Gasteiger partial charge in [0.25, 0.3) is 5.91 Å². The summed E-state index contributed by atoms with van der Waals surface area (Å²) in [5, 5.41) is 3.63. The number of Topliss-reactive ketones (excluding diaryl/α,β-unsaturated/α-hetero) is 1. The van der Waals surface area contributed by atoms with Gasteiger partial charge in [-0.3, -0.25) is 9.59 Å². The lowest BCUT2D eigenvalue weighted by Gasteiger charge is -2.31. The first-order chi connectivity index (χ1) is 16.3. The molecule has 1 atom stereocenters. The molecule has 0 bridgehead atoms. The van der Waals surface area contributed by atoms with Crippen molar-refractivity contribution in [2.24, 2.45) is 5.41 Å². The molecular weight excluding hydrogens is 450 g/mol. The van der Waals surface area contributed by atoms with Gasteiger partial charge in [-0.05, 0) is 42.4 Å². The van der Waals surface area contributed by atoms with Gasteiger partial charge in [0, 0.05) is 36.1 Å². The average Bonchev–Trinajstić information content (AvgIpc) is 3.43. The van der Waals surface area contributed by atoms with Crippen LogP contribution in [0.4, 0.5) is 5.69 Å². The minimum Gasteiger partial charge on any atom is -0.497 e. The van der Waals surface area contributed by atoms with E-state index in [-0.39, 0.29) is 23.2 Å². The highest BCUT2D eigenvalue weighted by Gasteiger charge is 2.36. The van der Waals surface area contributed by atoms with E-state index in [1.165, 1.54) is 11.3 Å². The van der Waals surface area contributed by atoms with E-state index in [1.54, 1.807) is 7.11 Å². The highest BCUT2D eigenvalue weighted by atomic mass is 32.1. The molecule has 3 N–H and O–H groups in total. The minimum atomic E-state index is -0.235. The summed E-state index contributed by atoms with van der Waals surface area (Å²) in [6.07, 6.45) is 3.12. The number of carbonyl (C=O) groups excluding carboxylic acids is 2. The normalized spacial score (nSPS) is 19.3. The van der Waals surface area contributed by atoms with E-state index >= 15 is 0 Å². The molecule has 0 unspecified atom stereocenters. The Morgan fingerprint density at radius 2 is 2.03 bits per heavy atom. The maximum atomic E-state index is 13.4. The van der Waals surface area contributed by atoms with Crippen molar-refractivity contribution in [3.05, 3.63) is 40.4 Å². The highest BCUT2D eigenvalue weighted by Crippen LogP contribution is 2.46. The third-order valence-electron chi connectivity index (χ3n) is 6.61. The topological polar surface area (TPSA) is 104 Å². The molecule has 0 spiro atoms. The van der Waals surface area contributed by atoms with Gasteiger partial charge >= 0.3 is 0 Å². The Kier molecular flexibility index (Phi) is 5.81. The number of carbonyl (C=O) groups is 2. The van der Waals surface area contributed by atoms with E-state index in [2.05, 4.69) is 19.2 Å². The first-order valence-corrected chi connectivity index (χ1v) is 12.4. The van der Waals surface area contributed by atoms with E-state index in [0.29, 0.717) is 45.7 Å². The fourth-order valence-corrected chi connectivity index (χ4v) is 6.01. The van der Waals surface area contributed by atoms with Crippen LogP contribution in [0.5, 0.6) is 5.75 Å². The number of nitrogens with zero attached hydrogens (tertiary/aromatic N) is 1. The number of aromatic nitrogens is 1. The summed E-state index contributed by atoms with van der Waals surface area (Å²) in [7, 11) is 1.62. The number of pyridine rings is 1. The van der Waals surface area contributed by atoms with Crippen LogP contribution < -0.4 is 15.8 Å². The standard InChI is InChI=1S/C26H29N3O4S/c1-26(2)11-17-20(18(30)12-26)19(14-6-8-15(32-3)9-7-14)21-22(27)23(34-25(21)29-17)24(31)28-13-16-5-4-10-33-16/h6-9,16H,4-5,10-13,27H2,1-3H3,(H,28,31)/t16-/m1/s1. The predicted octanol–water partition coefficient (Wildman–Crippen LogP) is 4.62. The average molecular weight is 480 g/mol. The summed E-state index contributed by atoms with van der Waals surface area (Å²) < 4.78 is 10.9. The number of fused-ring (bicyclic) bond motifs is 2. The van der Waals surface area contributed by atoms with Crippen LogP contribution in [0.1, 0.15) is 58.8 Å². The molecule has 1 fully saturated rings. The number of benzene rings is 1. The lowest BCUT2D eigenvalue weighted by molar-refractivity contribution is 0.0861. The van der Waals surface area contributed by atoms with Gasteiger partial charge in [0.15, 0.2) is 5.78 Å². The second kappa shape index (κ2) is 8.67. The number of hydrogen-bond acceptors (Lipinski definition) is 7. The van der Waals surface area contributed by atoms with Gasteiger partial charge in [-0.1, -0.05) is 26.0 Å². The molecule has 1 aliphatic carbocycles. The molecule has 5 rings (SSSR count). The van der Waals surface area contributed by atoms with Crippen molar-refractivity contribution in [3.8, 4) is 16.9 Å². The second-order valence-electron chi connectivity index (χ2n) is 9.85. The van der Waals surface area contributed by atoms with Gasteiger partial charge in [0.2, 0.25) is 0 Å². The molecule has 3 aromatic rings. The molecule has 1 amide bonds. The number of anilines is 1. The Labute approximate surface area is 202 Å². The number of amides is 1. The van der Waals surface area contributed by atoms with Crippen LogP contribution in [0.3, 0.4) is 0 Å². The molecule has 3 heterocycles. The van der Waals surface area contributed by atoms with Crippen LogP contribution in [-0.2, 0) is 11.2 Å². The molecule has 2 aliphatic rings. The number of hydrogen-bond donors (Lipinski definition) is 2. The number of thiophene rings is 1. The Morgan fingerprint density at radius 3 is 2.71 bits per heavy atom. The number of nitrogens with one attached hydrogen (secondary N) is 1. The van der Waals surface area contributed by atoms with Gasteiger partial charge in [0.05, 0.1) is 24.6 Å². The molecule has 7 nitrogen and oxygen atoms in total. The first-order valence-electron chi connectivity index (χ1n) is 11.6. The fourth-order valence-electron chi connectivity index (χ4n) is 4.97. The van der Waals surface area contributed by atoms with Crippen LogP contribution in [0, 0.1) is 5.41 Å². The molecule has 0 saturated carbocycles.